The fraction of sp³-hybridized carbons (Fsp3) is 0.600. The second-order valence-electron chi connectivity index (χ2n) is 3.65. The normalized spacial score (nSPS) is 16.1. The second kappa shape index (κ2) is 5.16. The summed E-state index contributed by atoms with van der Waals surface area (Å²) in [4.78, 5) is 1.76. The van der Waals surface area contributed by atoms with E-state index in [-0.39, 0.29) is 0 Å². The summed E-state index contributed by atoms with van der Waals surface area (Å²) in [6.45, 7) is 2.25. The van der Waals surface area contributed by atoms with Gasteiger partial charge < -0.3 is 10.5 Å². The van der Waals surface area contributed by atoms with Crippen molar-refractivity contribution in [3.05, 3.63) is 21.9 Å². The Hall–Kier alpha value is -0.590. The van der Waals surface area contributed by atoms with Crippen LogP contribution in [0.2, 0.25) is 0 Å². The average Bonchev–Trinajstić information content (AvgIpc) is 2.49. The molecule has 0 aliphatic rings. The van der Waals surface area contributed by atoms with Crippen LogP contribution < -0.4 is 5.73 Å². The molecule has 92 valence electrons. The van der Waals surface area contributed by atoms with Gasteiger partial charge in [0.05, 0.1) is 0 Å². The van der Waals surface area contributed by atoms with E-state index in [4.69, 9.17) is 10.5 Å². The molecule has 0 radical (unpaired) electrons. The van der Waals surface area contributed by atoms with Crippen molar-refractivity contribution in [1.82, 2.24) is 0 Å². The Labute approximate surface area is 96.2 Å². The Morgan fingerprint density at radius 3 is 2.44 bits per heavy atom. The van der Waals surface area contributed by atoms with Gasteiger partial charge in [0.15, 0.2) is 0 Å². The fourth-order valence-corrected chi connectivity index (χ4v) is 2.33. The molecule has 0 aliphatic heterocycles. The average molecular weight is 253 g/mol. The number of rotatable bonds is 4. The van der Waals surface area contributed by atoms with Crippen LogP contribution in [0.25, 0.3) is 0 Å². The summed E-state index contributed by atoms with van der Waals surface area (Å²) in [6.07, 6.45) is -5.01. The highest BCUT2D eigenvalue weighted by Crippen LogP contribution is 2.29. The second-order valence-corrected chi connectivity index (χ2v) is 4.97. The summed E-state index contributed by atoms with van der Waals surface area (Å²) in [5.74, 6) is 0. The number of hydrogen-bond acceptors (Lipinski definition) is 3. The molecule has 2 atom stereocenters. The van der Waals surface area contributed by atoms with Gasteiger partial charge >= 0.3 is 6.18 Å². The molecule has 0 aromatic carbocycles. The van der Waals surface area contributed by atoms with Crippen LogP contribution in [-0.4, -0.2) is 18.8 Å². The number of halogens is 3. The van der Waals surface area contributed by atoms with Gasteiger partial charge in [-0.3, -0.25) is 0 Å². The SMILES string of the molecule is Cc1ccc(C(OCC(F)(F)F)C(C)N)s1. The van der Waals surface area contributed by atoms with Gasteiger partial charge in [-0.05, 0) is 26.0 Å². The zero-order valence-corrected chi connectivity index (χ0v) is 9.86. The highest BCUT2D eigenvalue weighted by Gasteiger charge is 2.31. The van der Waals surface area contributed by atoms with Gasteiger partial charge in [-0.15, -0.1) is 11.3 Å². The standard InChI is InChI=1S/C10H14F3NOS/c1-6-3-4-8(16-6)9(7(2)14)15-5-10(11,12)13/h3-4,7,9H,5,14H2,1-2H3. The van der Waals surface area contributed by atoms with Crippen LogP contribution in [0, 0.1) is 6.92 Å². The number of alkyl halides is 3. The maximum absolute atomic E-state index is 12.0. The van der Waals surface area contributed by atoms with Crippen molar-refractivity contribution < 1.29 is 17.9 Å². The van der Waals surface area contributed by atoms with Gasteiger partial charge in [-0.25, -0.2) is 0 Å². The summed E-state index contributed by atoms with van der Waals surface area (Å²) in [7, 11) is 0. The third-order valence-electron chi connectivity index (χ3n) is 1.95. The molecule has 1 rings (SSSR count). The Morgan fingerprint density at radius 1 is 1.44 bits per heavy atom. The number of nitrogens with two attached hydrogens (primary N) is 1. The molecule has 0 saturated heterocycles. The van der Waals surface area contributed by atoms with E-state index in [9.17, 15) is 13.2 Å². The van der Waals surface area contributed by atoms with Crippen LogP contribution in [0.4, 0.5) is 13.2 Å². The van der Waals surface area contributed by atoms with E-state index in [2.05, 4.69) is 0 Å². The van der Waals surface area contributed by atoms with Crippen molar-refractivity contribution in [3.63, 3.8) is 0 Å². The van der Waals surface area contributed by atoms with E-state index in [0.717, 1.165) is 9.75 Å². The lowest BCUT2D eigenvalue weighted by molar-refractivity contribution is -0.187. The fourth-order valence-electron chi connectivity index (χ4n) is 1.28. The first kappa shape index (κ1) is 13.5. The summed E-state index contributed by atoms with van der Waals surface area (Å²) in [6, 6.07) is 3.12. The zero-order chi connectivity index (χ0) is 12.3. The molecule has 2 nitrogen and oxygen atoms in total. The predicted octanol–water partition coefficient (Wildman–Crippen LogP) is 3.02. The highest BCUT2D eigenvalue weighted by atomic mass is 32.1. The van der Waals surface area contributed by atoms with Gasteiger partial charge in [-0.2, -0.15) is 13.2 Å². The lowest BCUT2D eigenvalue weighted by Crippen LogP contribution is -2.29. The minimum atomic E-state index is -4.32. The quantitative estimate of drug-likeness (QED) is 0.895. The number of ether oxygens (including phenoxy) is 1. The summed E-state index contributed by atoms with van der Waals surface area (Å²) < 4.78 is 40.9. The monoisotopic (exact) mass is 253 g/mol. The van der Waals surface area contributed by atoms with E-state index < -0.39 is 24.9 Å². The molecule has 2 unspecified atom stereocenters. The number of aryl methyl sites for hydroxylation is 1. The summed E-state index contributed by atoms with van der Waals surface area (Å²) in [5.41, 5.74) is 5.62. The van der Waals surface area contributed by atoms with Gasteiger partial charge in [0.1, 0.15) is 12.7 Å². The number of thiophene rings is 1. The Balaban J connectivity index is 2.69. The lowest BCUT2D eigenvalue weighted by Gasteiger charge is -2.21. The zero-order valence-electron chi connectivity index (χ0n) is 9.04. The predicted molar refractivity (Wildman–Crippen MR) is 57.5 cm³/mol. The molecule has 6 heteroatoms. The summed E-state index contributed by atoms with van der Waals surface area (Å²) >= 11 is 1.40. The van der Waals surface area contributed by atoms with Crippen LogP contribution in [0.3, 0.4) is 0 Å². The molecule has 1 aromatic heterocycles. The van der Waals surface area contributed by atoms with Gasteiger partial charge in [0.25, 0.3) is 0 Å². The molecule has 0 fully saturated rings. The first-order chi connectivity index (χ1) is 7.29. The molecule has 1 heterocycles. The van der Waals surface area contributed by atoms with E-state index in [1.54, 1.807) is 13.0 Å². The van der Waals surface area contributed by atoms with E-state index in [1.165, 1.54) is 11.3 Å². The van der Waals surface area contributed by atoms with Crippen LogP contribution >= 0.6 is 11.3 Å². The van der Waals surface area contributed by atoms with Crippen molar-refractivity contribution in [2.75, 3.05) is 6.61 Å². The molecule has 0 bridgehead atoms. The molecule has 0 spiro atoms. The molecular formula is C10H14F3NOS. The van der Waals surface area contributed by atoms with Crippen molar-refractivity contribution in [2.45, 2.75) is 32.2 Å². The van der Waals surface area contributed by atoms with Gasteiger partial charge in [0.2, 0.25) is 0 Å². The van der Waals surface area contributed by atoms with Crippen molar-refractivity contribution in [3.8, 4) is 0 Å². The lowest BCUT2D eigenvalue weighted by atomic mass is 10.1. The molecule has 16 heavy (non-hydrogen) atoms. The van der Waals surface area contributed by atoms with Crippen LogP contribution in [0.15, 0.2) is 12.1 Å². The smallest absolute Gasteiger partial charge is 0.362 e. The minimum Gasteiger partial charge on any atom is -0.362 e. The molecule has 1 aromatic rings. The Morgan fingerprint density at radius 2 is 2.06 bits per heavy atom. The highest BCUT2D eigenvalue weighted by molar-refractivity contribution is 7.12. The molecular weight excluding hydrogens is 239 g/mol. The van der Waals surface area contributed by atoms with Gasteiger partial charge in [0, 0.05) is 15.8 Å². The van der Waals surface area contributed by atoms with E-state index in [0.29, 0.717) is 0 Å². The van der Waals surface area contributed by atoms with Crippen LogP contribution in [0.5, 0.6) is 0 Å². The van der Waals surface area contributed by atoms with E-state index in [1.807, 2.05) is 13.0 Å². The largest absolute Gasteiger partial charge is 0.411 e. The third-order valence-corrected chi connectivity index (χ3v) is 3.01. The molecule has 0 aliphatic carbocycles. The first-order valence-electron chi connectivity index (χ1n) is 4.80. The Kier molecular flexibility index (Phi) is 4.35. The van der Waals surface area contributed by atoms with Crippen LogP contribution in [0.1, 0.15) is 22.8 Å². The van der Waals surface area contributed by atoms with Crippen molar-refractivity contribution in [2.24, 2.45) is 5.73 Å². The topological polar surface area (TPSA) is 35.2 Å². The summed E-state index contributed by atoms with van der Waals surface area (Å²) in [5, 5.41) is 0. The first-order valence-corrected chi connectivity index (χ1v) is 5.61. The maximum atomic E-state index is 12.0. The van der Waals surface area contributed by atoms with Gasteiger partial charge in [-0.1, -0.05) is 0 Å². The molecule has 0 amide bonds. The Bertz CT molecular complexity index is 335. The van der Waals surface area contributed by atoms with Crippen molar-refractivity contribution in [1.29, 1.82) is 0 Å². The van der Waals surface area contributed by atoms with Crippen LogP contribution in [-0.2, 0) is 4.74 Å². The van der Waals surface area contributed by atoms with E-state index >= 15 is 0 Å². The molecule has 0 saturated carbocycles. The maximum Gasteiger partial charge on any atom is 0.411 e. The molecule has 2 N–H and O–H groups in total. The third kappa shape index (κ3) is 4.11. The van der Waals surface area contributed by atoms with Crippen molar-refractivity contribution >= 4 is 11.3 Å². The number of hydrogen-bond donors (Lipinski definition) is 1. The minimum absolute atomic E-state index is 0.472.